The molecule has 2 aromatic heterocycles. The number of nitrogens with one attached hydrogen (secondary N) is 1. The first-order valence-electron chi connectivity index (χ1n) is 8.32. The van der Waals surface area contributed by atoms with Crippen LogP contribution in [0, 0.1) is 12.8 Å². The molecule has 7 nitrogen and oxygen atoms in total. The first-order valence-corrected chi connectivity index (χ1v) is 9.80. The number of fused-ring (bicyclic) bond motifs is 1. The van der Waals surface area contributed by atoms with Crippen LogP contribution in [0.1, 0.15) is 26.5 Å². The van der Waals surface area contributed by atoms with Crippen LogP contribution in [0.3, 0.4) is 0 Å². The van der Waals surface area contributed by atoms with Crippen molar-refractivity contribution in [2.45, 2.75) is 45.7 Å². The summed E-state index contributed by atoms with van der Waals surface area (Å²) in [4.78, 5) is 4.52. The van der Waals surface area contributed by atoms with Gasteiger partial charge in [0.05, 0.1) is 28.7 Å². The second-order valence-electron chi connectivity index (χ2n) is 6.53. The molecule has 3 aromatic rings. The standard InChI is InChI=1S/C17H23N5O2S/c1-5-21-11-18-15-8-14(6-7-16(15)21)20-25(23,24)17-10-22(9-12(2)3)19-13(17)4/h6-8,10-12,20H,5,9H2,1-4H3. The first kappa shape index (κ1) is 17.5. The van der Waals surface area contributed by atoms with Crippen LogP contribution in [0.25, 0.3) is 11.0 Å². The number of nitrogens with zero attached hydrogens (tertiary/aromatic N) is 4. The highest BCUT2D eigenvalue weighted by molar-refractivity contribution is 7.92. The molecular weight excluding hydrogens is 338 g/mol. The smallest absolute Gasteiger partial charge is 0.265 e. The van der Waals surface area contributed by atoms with Crippen molar-refractivity contribution < 1.29 is 8.42 Å². The van der Waals surface area contributed by atoms with Crippen molar-refractivity contribution in [1.29, 1.82) is 0 Å². The highest BCUT2D eigenvalue weighted by atomic mass is 32.2. The summed E-state index contributed by atoms with van der Waals surface area (Å²) in [5.41, 5.74) is 2.72. The van der Waals surface area contributed by atoms with Crippen molar-refractivity contribution in [2.24, 2.45) is 5.92 Å². The summed E-state index contributed by atoms with van der Waals surface area (Å²) < 4.78 is 31.8. The van der Waals surface area contributed by atoms with E-state index in [0.717, 1.165) is 17.6 Å². The minimum Gasteiger partial charge on any atom is -0.331 e. The molecule has 8 heteroatoms. The second kappa shape index (κ2) is 6.51. The van der Waals surface area contributed by atoms with Gasteiger partial charge in [0.2, 0.25) is 0 Å². The molecule has 0 aliphatic carbocycles. The maximum absolute atomic E-state index is 12.7. The third kappa shape index (κ3) is 3.53. The molecule has 0 aliphatic rings. The summed E-state index contributed by atoms with van der Waals surface area (Å²) in [6, 6.07) is 5.37. The van der Waals surface area contributed by atoms with Crippen molar-refractivity contribution >= 4 is 26.7 Å². The van der Waals surface area contributed by atoms with Crippen molar-refractivity contribution in [2.75, 3.05) is 4.72 Å². The molecule has 134 valence electrons. The summed E-state index contributed by atoms with van der Waals surface area (Å²) in [5.74, 6) is 0.388. The van der Waals surface area contributed by atoms with Gasteiger partial charge in [0, 0.05) is 19.3 Å². The largest absolute Gasteiger partial charge is 0.331 e. The average molecular weight is 361 g/mol. The lowest BCUT2D eigenvalue weighted by atomic mass is 10.2. The molecule has 0 saturated heterocycles. The van der Waals surface area contributed by atoms with Gasteiger partial charge in [-0.2, -0.15) is 5.10 Å². The van der Waals surface area contributed by atoms with E-state index in [0.29, 0.717) is 23.8 Å². The van der Waals surface area contributed by atoms with Gasteiger partial charge in [0.15, 0.2) is 0 Å². The second-order valence-corrected chi connectivity index (χ2v) is 8.19. The molecule has 0 fully saturated rings. The minimum atomic E-state index is -3.69. The molecule has 1 N–H and O–H groups in total. The zero-order valence-corrected chi connectivity index (χ0v) is 15.7. The SMILES string of the molecule is CCn1cnc2cc(NS(=O)(=O)c3cn(CC(C)C)nc3C)ccc21. The topological polar surface area (TPSA) is 81.8 Å². The molecule has 0 radical (unpaired) electrons. The summed E-state index contributed by atoms with van der Waals surface area (Å²) in [6.07, 6.45) is 3.34. The van der Waals surface area contributed by atoms with E-state index in [1.165, 1.54) is 0 Å². The summed E-state index contributed by atoms with van der Waals surface area (Å²) in [7, 11) is -3.69. The molecule has 0 saturated carbocycles. The van der Waals surface area contributed by atoms with Crippen molar-refractivity contribution in [1.82, 2.24) is 19.3 Å². The van der Waals surface area contributed by atoms with Crippen molar-refractivity contribution in [3.05, 3.63) is 36.4 Å². The number of anilines is 1. The molecule has 1 aromatic carbocycles. The molecule has 0 bridgehead atoms. The number of aromatic nitrogens is 4. The van der Waals surface area contributed by atoms with Crippen LogP contribution in [0.2, 0.25) is 0 Å². The molecule has 2 heterocycles. The Morgan fingerprint density at radius 3 is 2.72 bits per heavy atom. The van der Waals surface area contributed by atoms with Gasteiger partial charge in [0.25, 0.3) is 10.0 Å². The van der Waals surface area contributed by atoms with E-state index in [-0.39, 0.29) is 4.90 Å². The monoisotopic (exact) mass is 361 g/mol. The van der Waals surface area contributed by atoms with Crippen LogP contribution >= 0.6 is 0 Å². The van der Waals surface area contributed by atoms with E-state index >= 15 is 0 Å². The van der Waals surface area contributed by atoms with E-state index < -0.39 is 10.0 Å². The van der Waals surface area contributed by atoms with Crippen LogP contribution in [0.4, 0.5) is 5.69 Å². The predicted octanol–water partition coefficient (Wildman–Crippen LogP) is 3.02. The Bertz CT molecular complexity index is 1000. The van der Waals surface area contributed by atoms with Gasteiger partial charge in [-0.3, -0.25) is 9.40 Å². The molecular formula is C17H23N5O2S. The van der Waals surface area contributed by atoms with Crippen molar-refractivity contribution in [3.63, 3.8) is 0 Å². The van der Waals surface area contributed by atoms with Crippen molar-refractivity contribution in [3.8, 4) is 0 Å². The van der Waals surface area contributed by atoms with Gasteiger partial charge < -0.3 is 4.57 Å². The van der Waals surface area contributed by atoms with Crippen LogP contribution in [0.15, 0.2) is 35.6 Å². The van der Waals surface area contributed by atoms with E-state index in [9.17, 15) is 8.42 Å². The fourth-order valence-corrected chi connectivity index (χ4v) is 4.06. The van der Waals surface area contributed by atoms with Gasteiger partial charge in [-0.25, -0.2) is 13.4 Å². The van der Waals surface area contributed by atoms with E-state index in [4.69, 9.17) is 0 Å². The number of imidazole rings is 1. The molecule has 0 unspecified atom stereocenters. The predicted molar refractivity (Wildman–Crippen MR) is 98.0 cm³/mol. The quantitative estimate of drug-likeness (QED) is 0.732. The molecule has 3 rings (SSSR count). The van der Waals surface area contributed by atoms with Crippen LogP contribution < -0.4 is 4.72 Å². The highest BCUT2D eigenvalue weighted by Crippen LogP contribution is 2.22. The normalized spacial score (nSPS) is 12.2. The van der Waals surface area contributed by atoms with Gasteiger partial charge in [-0.1, -0.05) is 13.8 Å². The zero-order valence-electron chi connectivity index (χ0n) is 14.9. The summed E-state index contributed by atoms with van der Waals surface area (Å²) in [5, 5.41) is 4.30. The average Bonchev–Trinajstić information content (AvgIpc) is 3.09. The third-order valence-corrected chi connectivity index (χ3v) is 5.44. The lowest BCUT2D eigenvalue weighted by Gasteiger charge is -2.07. The zero-order chi connectivity index (χ0) is 18.2. The number of aryl methyl sites for hydroxylation is 2. The fourth-order valence-electron chi connectivity index (χ4n) is 2.82. The molecule has 0 aliphatic heterocycles. The Hall–Kier alpha value is -2.35. The lowest BCUT2D eigenvalue weighted by molar-refractivity contribution is 0.480. The van der Waals surface area contributed by atoms with Crippen LogP contribution in [-0.4, -0.2) is 27.7 Å². The Morgan fingerprint density at radius 1 is 1.28 bits per heavy atom. The van der Waals surface area contributed by atoms with E-state index in [2.05, 4.69) is 28.7 Å². The maximum Gasteiger partial charge on any atom is 0.265 e. The Balaban J connectivity index is 1.90. The van der Waals surface area contributed by atoms with Crippen LogP contribution in [-0.2, 0) is 23.1 Å². The Labute approximate surface area is 147 Å². The molecule has 0 atom stereocenters. The highest BCUT2D eigenvalue weighted by Gasteiger charge is 2.21. The maximum atomic E-state index is 12.7. The Kier molecular flexibility index (Phi) is 4.55. The number of rotatable bonds is 6. The molecule has 25 heavy (non-hydrogen) atoms. The summed E-state index contributed by atoms with van der Waals surface area (Å²) in [6.45, 7) is 9.36. The minimum absolute atomic E-state index is 0.201. The molecule has 0 amide bonds. The van der Waals surface area contributed by atoms with E-state index in [1.807, 2.05) is 17.6 Å². The van der Waals surface area contributed by atoms with Gasteiger partial charge in [-0.15, -0.1) is 0 Å². The number of sulfonamides is 1. The van der Waals surface area contributed by atoms with E-state index in [1.54, 1.807) is 36.3 Å². The molecule has 0 spiro atoms. The number of hydrogen-bond acceptors (Lipinski definition) is 4. The number of benzene rings is 1. The van der Waals surface area contributed by atoms with Crippen LogP contribution in [0.5, 0.6) is 0 Å². The summed E-state index contributed by atoms with van der Waals surface area (Å²) >= 11 is 0. The third-order valence-electron chi connectivity index (χ3n) is 3.96. The first-order chi connectivity index (χ1) is 11.8. The van der Waals surface area contributed by atoms with Gasteiger partial charge >= 0.3 is 0 Å². The number of hydrogen-bond donors (Lipinski definition) is 1. The lowest BCUT2D eigenvalue weighted by Crippen LogP contribution is -2.13. The van der Waals surface area contributed by atoms with Gasteiger partial charge in [-0.05, 0) is 38.0 Å². The fraction of sp³-hybridized carbons (Fsp3) is 0.412. The Morgan fingerprint density at radius 2 is 2.04 bits per heavy atom. The van der Waals surface area contributed by atoms with Gasteiger partial charge in [0.1, 0.15) is 4.90 Å².